The lowest BCUT2D eigenvalue weighted by atomic mass is 9.98. The number of hydrogen-bond acceptors (Lipinski definition) is 5. The lowest BCUT2D eigenvalue weighted by Crippen LogP contribution is -2.33. The number of nitriles is 2. The predicted molar refractivity (Wildman–Crippen MR) is 113 cm³/mol. The molecule has 0 atom stereocenters. The van der Waals surface area contributed by atoms with Crippen LogP contribution < -0.4 is 10.2 Å². The summed E-state index contributed by atoms with van der Waals surface area (Å²) in [6.45, 7) is 2.48. The van der Waals surface area contributed by atoms with Crippen LogP contribution in [0.1, 0.15) is 24.2 Å². The summed E-state index contributed by atoms with van der Waals surface area (Å²) in [4.78, 5) is 2.34. The van der Waals surface area contributed by atoms with Crippen LogP contribution in [0.4, 0.5) is 11.4 Å². The van der Waals surface area contributed by atoms with E-state index in [1.165, 1.54) is 5.69 Å². The molecule has 3 aromatic rings. The van der Waals surface area contributed by atoms with E-state index in [0.29, 0.717) is 12.1 Å². The third-order valence-corrected chi connectivity index (χ3v) is 5.34. The van der Waals surface area contributed by atoms with Gasteiger partial charge in [-0.3, -0.25) is 0 Å². The average molecular weight is 382 g/mol. The van der Waals surface area contributed by atoms with Crippen molar-refractivity contribution < 1.29 is 4.42 Å². The standard InChI is InChI=1S/C24H22N4O/c25-15-18-1-3-20(4-2-18)24-10-9-23(29-24)17-27-21-5-7-22(8-6-21)28-13-11-19(16-26)12-14-28/h1-10,19,27H,11-14,17H2. The van der Waals surface area contributed by atoms with E-state index in [1.807, 2.05) is 24.3 Å². The van der Waals surface area contributed by atoms with Crippen molar-refractivity contribution in [1.82, 2.24) is 0 Å². The van der Waals surface area contributed by atoms with Crippen LogP contribution in [0.25, 0.3) is 11.3 Å². The van der Waals surface area contributed by atoms with E-state index in [4.69, 9.17) is 14.9 Å². The second-order valence-corrected chi connectivity index (χ2v) is 7.25. The van der Waals surface area contributed by atoms with Crippen LogP contribution in [0.3, 0.4) is 0 Å². The maximum Gasteiger partial charge on any atom is 0.134 e. The van der Waals surface area contributed by atoms with Crippen LogP contribution >= 0.6 is 0 Å². The maximum atomic E-state index is 9.03. The van der Waals surface area contributed by atoms with Crippen molar-refractivity contribution in [2.24, 2.45) is 5.92 Å². The Morgan fingerprint density at radius 1 is 0.931 bits per heavy atom. The summed E-state index contributed by atoms with van der Waals surface area (Å²) < 4.78 is 5.92. The molecule has 0 amide bonds. The fourth-order valence-corrected chi connectivity index (χ4v) is 3.58. The SMILES string of the molecule is N#Cc1ccc(-c2ccc(CNc3ccc(N4CCC(C#N)CC4)cc3)o2)cc1. The molecule has 5 heteroatoms. The Balaban J connectivity index is 1.33. The zero-order valence-corrected chi connectivity index (χ0v) is 16.1. The summed E-state index contributed by atoms with van der Waals surface area (Å²) in [6.07, 6.45) is 1.88. The molecule has 1 N–H and O–H groups in total. The lowest BCUT2D eigenvalue weighted by molar-refractivity contribution is 0.488. The molecule has 1 aliphatic heterocycles. The van der Waals surface area contributed by atoms with Gasteiger partial charge in [-0.1, -0.05) is 0 Å². The number of rotatable bonds is 5. The van der Waals surface area contributed by atoms with Crippen LogP contribution in [0, 0.1) is 28.6 Å². The molecule has 0 aliphatic carbocycles. The largest absolute Gasteiger partial charge is 0.459 e. The van der Waals surface area contributed by atoms with Crippen molar-refractivity contribution in [3.8, 4) is 23.5 Å². The van der Waals surface area contributed by atoms with Gasteiger partial charge in [0.2, 0.25) is 0 Å². The number of furan rings is 1. The van der Waals surface area contributed by atoms with Crippen LogP contribution in [0.2, 0.25) is 0 Å². The van der Waals surface area contributed by atoms with Gasteiger partial charge in [-0.15, -0.1) is 0 Å². The Kier molecular flexibility index (Phi) is 5.49. The smallest absolute Gasteiger partial charge is 0.134 e. The monoisotopic (exact) mass is 382 g/mol. The molecular weight excluding hydrogens is 360 g/mol. The average Bonchev–Trinajstić information content (AvgIpc) is 3.27. The third-order valence-electron chi connectivity index (χ3n) is 5.34. The predicted octanol–water partition coefficient (Wildman–Crippen LogP) is 5.17. The molecule has 0 radical (unpaired) electrons. The first kappa shape index (κ1) is 18.7. The zero-order chi connectivity index (χ0) is 20.1. The molecule has 0 bridgehead atoms. The van der Waals surface area contributed by atoms with Crippen LogP contribution in [0.5, 0.6) is 0 Å². The third kappa shape index (κ3) is 4.42. The fraction of sp³-hybridized carbons (Fsp3) is 0.250. The summed E-state index contributed by atoms with van der Waals surface area (Å²) in [5.74, 6) is 1.85. The van der Waals surface area contributed by atoms with Crippen LogP contribution in [0.15, 0.2) is 65.1 Å². The van der Waals surface area contributed by atoms with Gasteiger partial charge in [0.1, 0.15) is 11.5 Å². The molecule has 1 fully saturated rings. The van der Waals surface area contributed by atoms with Crippen molar-refractivity contribution in [1.29, 1.82) is 10.5 Å². The number of piperidine rings is 1. The number of nitrogens with one attached hydrogen (secondary N) is 1. The summed E-state index contributed by atoms with van der Waals surface area (Å²) in [5, 5.41) is 21.3. The van der Waals surface area contributed by atoms with E-state index in [2.05, 4.69) is 46.6 Å². The van der Waals surface area contributed by atoms with Crippen LogP contribution in [-0.2, 0) is 6.54 Å². The van der Waals surface area contributed by atoms with E-state index in [-0.39, 0.29) is 5.92 Å². The van der Waals surface area contributed by atoms with Gasteiger partial charge in [0, 0.05) is 35.9 Å². The molecule has 2 heterocycles. The minimum Gasteiger partial charge on any atom is -0.459 e. The van der Waals surface area contributed by atoms with E-state index in [9.17, 15) is 0 Å². The highest BCUT2D eigenvalue weighted by Gasteiger charge is 2.18. The zero-order valence-electron chi connectivity index (χ0n) is 16.1. The van der Waals surface area contributed by atoms with Gasteiger partial charge in [0.05, 0.1) is 24.2 Å². The Hall–Kier alpha value is -3.70. The molecule has 1 aliphatic rings. The lowest BCUT2D eigenvalue weighted by Gasteiger charge is -2.31. The Labute approximate surface area is 170 Å². The highest BCUT2D eigenvalue weighted by molar-refractivity contribution is 5.59. The Bertz CT molecular complexity index is 1030. The van der Waals surface area contributed by atoms with Crippen molar-refractivity contribution in [3.05, 3.63) is 72.0 Å². The molecule has 4 rings (SSSR count). The molecule has 1 aromatic heterocycles. The summed E-state index contributed by atoms with van der Waals surface area (Å²) in [5.41, 5.74) is 3.84. The topological polar surface area (TPSA) is 76.0 Å². The van der Waals surface area contributed by atoms with Gasteiger partial charge in [-0.2, -0.15) is 10.5 Å². The van der Waals surface area contributed by atoms with Crippen molar-refractivity contribution in [2.45, 2.75) is 19.4 Å². The number of nitrogens with zero attached hydrogens (tertiary/aromatic N) is 3. The molecular formula is C24H22N4O. The van der Waals surface area contributed by atoms with Gasteiger partial charge in [0.25, 0.3) is 0 Å². The quantitative estimate of drug-likeness (QED) is 0.659. The van der Waals surface area contributed by atoms with Crippen molar-refractivity contribution in [2.75, 3.05) is 23.3 Å². The summed E-state index contributed by atoms with van der Waals surface area (Å²) >= 11 is 0. The molecule has 144 valence electrons. The first-order valence-electron chi connectivity index (χ1n) is 9.83. The van der Waals surface area contributed by atoms with Crippen molar-refractivity contribution in [3.63, 3.8) is 0 Å². The number of benzene rings is 2. The summed E-state index contributed by atoms with van der Waals surface area (Å²) in [6, 6.07) is 24.2. The van der Waals surface area contributed by atoms with Gasteiger partial charge >= 0.3 is 0 Å². The van der Waals surface area contributed by atoms with E-state index >= 15 is 0 Å². The van der Waals surface area contributed by atoms with Gasteiger partial charge < -0.3 is 14.6 Å². The summed E-state index contributed by atoms with van der Waals surface area (Å²) in [7, 11) is 0. The van der Waals surface area contributed by atoms with Crippen LogP contribution in [-0.4, -0.2) is 13.1 Å². The van der Waals surface area contributed by atoms with Gasteiger partial charge in [-0.05, 0) is 73.5 Å². The highest BCUT2D eigenvalue weighted by atomic mass is 16.3. The Morgan fingerprint density at radius 2 is 1.66 bits per heavy atom. The van der Waals surface area contributed by atoms with Gasteiger partial charge in [0.15, 0.2) is 0 Å². The van der Waals surface area contributed by atoms with Gasteiger partial charge in [-0.25, -0.2) is 0 Å². The molecule has 0 unspecified atom stereocenters. The molecule has 2 aromatic carbocycles. The normalized spacial score (nSPS) is 14.2. The molecule has 5 nitrogen and oxygen atoms in total. The number of hydrogen-bond donors (Lipinski definition) is 1. The Morgan fingerprint density at radius 3 is 2.31 bits per heavy atom. The molecule has 0 saturated carbocycles. The first-order valence-corrected chi connectivity index (χ1v) is 9.83. The molecule has 0 spiro atoms. The second-order valence-electron chi connectivity index (χ2n) is 7.25. The number of anilines is 2. The van der Waals surface area contributed by atoms with Crippen molar-refractivity contribution >= 4 is 11.4 Å². The van der Waals surface area contributed by atoms with E-state index in [0.717, 1.165) is 48.7 Å². The first-order chi connectivity index (χ1) is 14.2. The molecule has 29 heavy (non-hydrogen) atoms. The highest BCUT2D eigenvalue weighted by Crippen LogP contribution is 2.26. The second kappa shape index (κ2) is 8.54. The maximum absolute atomic E-state index is 9.03. The van der Waals surface area contributed by atoms with E-state index < -0.39 is 0 Å². The van der Waals surface area contributed by atoms with E-state index in [1.54, 1.807) is 12.1 Å². The minimum absolute atomic E-state index is 0.203. The molecule has 1 saturated heterocycles. The minimum atomic E-state index is 0.203. The fourth-order valence-electron chi connectivity index (χ4n) is 3.58.